The van der Waals surface area contributed by atoms with Crippen molar-refractivity contribution in [2.45, 2.75) is 5.75 Å². The van der Waals surface area contributed by atoms with Gasteiger partial charge < -0.3 is 14.6 Å². The highest BCUT2D eigenvalue weighted by Crippen LogP contribution is 2.37. The van der Waals surface area contributed by atoms with Crippen molar-refractivity contribution < 1.29 is 27.6 Å². The van der Waals surface area contributed by atoms with Gasteiger partial charge in [-0.2, -0.15) is 8.42 Å². The van der Waals surface area contributed by atoms with E-state index in [-0.39, 0.29) is 16.5 Å². The molecule has 0 aliphatic rings. The highest BCUT2D eigenvalue weighted by atomic mass is 32.2. The second-order valence-electron chi connectivity index (χ2n) is 3.31. The largest absolute Gasteiger partial charge is 0.501 e. The standard InChI is InChI=1S/C9H8O6S/c10-8-6-3-5(4-16(12,13)14)1-2-7(6)15-9(8)11/h1-3,10-11H,4H2,(H,12,13,14). The number of benzene rings is 1. The highest BCUT2D eigenvalue weighted by Gasteiger charge is 2.14. The van der Waals surface area contributed by atoms with Crippen LogP contribution in [0.25, 0.3) is 11.0 Å². The lowest BCUT2D eigenvalue weighted by Crippen LogP contribution is -2.00. The van der Waals surface area contributed by atoms with E-state index in [1.54, 1.807) is 0 Å². The summed E-state index contributed by atoms with van der Waals surface area (Å²) in [4.78, 5) is 0. The number of furan rings is 1. The predicted octanol–water partition coefficient (Wildman–Crippen LogP) is 1.23. The number of hydrogen-bond acceptors (Lipinski definition) is 5. The Hall–Kier alpha value is -1.73. The van der Waals surface area contributed by atoms with Crippen LogP contribution in [0.5, 0.6) is 11.7 Å². The first-order valence-electron chi connectivity index (χ1n) is 4.25. The summed E-state index contributed by atoms with van der Waals surface area (Å²) in [6, 6.07) is 4.13. The Morgan fingerprint density at radius 2 is 1.94 bits per heavy atom. The third-order valence-corrected chi connectivity index (χ3v) is 2.76. The van der Waals surface area contributed by atoms with E-state index < -0.39 is 27.6 Å². The van der Waals surface area contributed by atoms with Crippen LogP contribution in [0.15, 0.2) is 22.6 Å². The topological polar surface area (TPSA) is 108 Å². The Morgan fingerprint density at radius 3 is 2.56 bits per heavy atom. The van der Waals surface area contributed by atoms with E-state index in [2.05, 4.69) is 0 Å². The van der Waals surface area contributed by atoms with Crippen LogP contribution >= 0.6 is 0 Å². The molecule has 1 aromatic heterocycles. The molecule has 86 valence electrons. The zero-order chi connectivity index (χ0) is 11.9. The Balaban J connectivity index is 2.55. The van der Waals surface area contributed by atoms with Gasteiger partial charge in [0.25, 0.3) is 10.1 Å². The number of fused-ring (bicyclic) bond motifs is 1. The molecule has 0 radical (unpaired) electrons. The van der Waals surface area contributed by atoms with Crippen LogP contribution in [0.2, 0.25) is 0 Å². The summed E-state index contributed by atoms with van der Waals surface area (Å²) in [6.45, 7) is 0. The molecule has 0 bridgehead atoms. The second-order valence-corrected chi connectivity index (χ2v) is 4.77. The molecule has 3 N–H and O–H groups in total. The van der Waals surface area contributed by atoms with E-state index in [0.29, 0.717) is 0 Å². The van der Waals surface area contributed by atoms with Crippen LogP contribution in [0.1, 0.15) is 5.56 Å². The summed E-state index contributed by atoms with van der Waals surface area (Å²) in [6.07, 6.45) is 0. The first-order valence-corrected chi connectivity index (χ1v) is 5.86. The van der Waals surface area contributed by atoms with E-state index in [9.17, 15) is 13.5 Å². The van der Waals surface area contributed by atoms with Gasteiger partial charge >= 0.3 is 5.95 Å². The first kappa shape index (κ1) is 10.8. The molecule has 6 nitrogen and oxygen atoms in total. The maximum Gasteiger partial charge on any atom is 0.327 e. The highest BCUT2D eigenvalue weighted by molar-refractivity contribution is 7.85. The van der Waals surface area contributed by atoms with Gasteiger partial charge in [-0.05, 0) is 17.7 Å². The zero-order valence-corrected chi connectivity index (χ0v) is 8.73. The molecule has 1 heterocycles. The van der Waals surface area contributed by atoms with Crippen molar-refractivity contribution in [1.29, 1.82) is 0 Å². The summed E-state index contributed by atoms with van der Waals surface area (Å²) in [5, 5.41) is 18.6. The van der Waals surface area contributed by atoms with Crippen LogP contribution in [0.3, 0.4) is 0 Å². The number of hydrogen-bond donors (Lipinski definition) is 3. The molecule has 2 aromatic rings. The average molecular weight is 244 g/mol. The molecule has 0 aliphatic carbocycles. The fourth-order valence-corrected chi connectivity index (χ4v) is 2.02. The van der Waals surface area contributed by atoms with Gasteiger partial charge in [-0.3, -0.25) is 4.55 Å². The summed E-state index contributed by atoms with van der Waals surface area (Å²) in [7, 11) is -4.13. The minimum Gasteiger partial charge on any atom is -0.501 e. The molecule has 2 rings (SSSR count). The van der Waals surface area contributed by atoms with Gasteiger partial charge in [-0.15, -0.1) is 0 Å². The zero-order valence-electron chi connectivity index (χ0n) is 7.91. The molecule has 7 heteroatoms. The van der Waals surface area contributed by atoms with Crippen LogP contribution in [-0.2, 0) is 15.9 Å². The SMILES string of the molecule is O=S(=O)(O)Cc1ccc2oc(O)c(O)c2c1. The molecular weight excluding hydrogens is 236 g/mol. The fourth-order valence-electron chi connectivity index (χ4n) is 1.42. The van der Waals surface area contributed by atoms with E-state index in [0.717, 1.165) is 0 Å². The van der Waals surface area contributed by atoms with Crippen LogP contribution in [0, 0.1) is 0 Å². The van der Waals surface area contributed by atoms with Crippen LogP contribution in [0.4, 0.5) is 0 Å². The lowest BCUT2D eigenvalue weighted by atomic mass is 10.2. The molecular formula is C9H8O6S. The molecule has 1 aromatic carbocycles. The fraction of sp³-hybridized carbons (Fsp3) is 0.111. The van der Waals surface area contributed by atoms with Gasteiger partial charge in [0.15, 0.2) is 0 Å². The lowest BCUT2D eigenvalue weighted by molar-refractivity contribution is 0.316. The predicted molar refractivity (Wildman–Crippen MR) is 54.8 cm³/mol. The molecule has 0 amide bonds. The third kappa shape index (κ3) is 1.95. The third-order valence-electron chi connectivity index (χ3n) is 2.06. The Bertz CT molecular complexity index is 639. The quantitative estimate of drug-likeness (QED) is 0.686. The van der Waals surface area contributed by atoms with Crippen molar-refractivity contribution in [1.82, 2.24) is 0 Å². The summed E-state index contributed by atoms with van der Waals surface area (Å²) in [5.74, 6) is -1.64. The van der Waals surface area contributed by atoms with E-state index >= 15 is 0 Å². The smallest absolute Gasteiger partial charge is 0.327 e. The van der Waals surface area contributed by atoms with E-state index in [4.69, 9.17) is 14.1 Å². The molecule has 0 aliphatic heterocycles. The molecule has 0 saturated carbocycles. The summed E-state index contributed by atoms with van der Waals surface area (Å²) in [5.41, 5.74) is 0.514. The van der Waals surface area contributed by atoms with Gasteiger partial charge in [0.1, 0.15) is 11.3 Å². The van der Waals surface area contributed by atoms with Crippen molar-refractivity contribution in [3.8, 4) is 11.7 Å². The average Bonchev–Trinajstić information content (AvgIpc) is 2.42. The second kappa shape index (κ2) is 3.39. The van der Waals surface area contributed by atoms with Gasteiger partial charge in [0, 0.05) is 0 Å². The molecule has 0 unspecified atom stereocenters. The lowest BCUT2D eigenvalue weighted by Gasteiger charge is -1.97. The summed E-state index contributed by atoms with van der Waals surface area (Å²) >= 11 is 0. The minimum absolute atomic E-state index is 0.193. The normalized spacial score (nSPS) is 12.1. The first-order chi connectivity index (χ1) is 7.37. The Kier molecular flexibility index (Phi) is 2.28. The maximum absolute atomic E-state index is 10.6. The van der Waals surface area contributed by atoms with Gasteiger partial charge in [-0.25, -0.2) is 0 Å². The van der Waals surface area contributed by atoms with Crippen molar-refractivity contribution in [2.75, 3.05) is 0 Å². The van der Waals surface area contributed by atoms with E-state index in [1.807, 2.05) is 0 Å². The molecule has 0 fully saturated rings. The number of rotatable bonds is 2. The minimum atomic E-state index is -4.13. The molecule has 0 spiro atoms. The summed E-state index contributed by atoms with van der Waals surface area (Å²) < 4.78 is 34.7. The molecule has 16 heavy (non-hydrogen) atoms. The van der Waals surface area contributed by atoms with E-state index in [1.165, 1.54) is 18.2 Å². The van der Waals surface area contributed by atoms with Crippen molar-refractivity contribution in [3.05, 3.63) is 23.8 Å². The number of aromatic hydroxyl groups is 2. The monoisotopic (exact) mass is 244 g/mol. The maximum atomic E-state index is 10.6. The van der Waals surface area contributed by atoms with Crippen molar-refractivity contribution in [2.24, 2.45) is 0 Å². The van der Waals surface area contributed by atoms with Crippen molar-refractivity contribution >= 4 is 21.1 Å². The van der Waals surface area contributed by atoms with Gasteiger partial charge in [0.2, 0.25) is 5.75 Å². The van der Waals surface area contributed by atoms with Gasteiger partial charge in [-0.1, -0.05) is 6.07 Å². The van der Waals surface area contributed by atoms with Crippen LogP contribution in [-0.4, -0.2) is 23.2 Å². The Morgan fingerprint density at radius 1 is 1.25 bits per heavy atom. The Labute approximate surface area is 90.5 Å². The van der Waals surface area contributed by atoms with Gasteiger partial charge in [0.05, 0.1) is 5.39 Å². The molecule has 0 saturated heterocycles. The van der Waals surface area contributed by atoms with Crippen molar-refractivity contribution in [3.63, 3.8) is 0 Å². The van der Waals surface area contributed by atoms with Crippen LogP contribution < -0.4 is 0 Å². The molecule has 0 atom stereocenters.